The Labute approximate surface area is 300 Å². The van der Waals surface area contributed by atoms with Crippen LogP contribution in [0.2, 0.25) is 0 Å². The van der Waals surface area contributed by atoms with Gasteiger partial charge in [0.25, 0.3) is 0 Å². The van der Waals surface area contributed by atoms with Crippen molar-refractivity contribution >= 4 is 22.3 Å². The summed E-state index contributed by atoms with van der Waals surface area (Å²) in [6.07, 6.45) is 1.26. The van der Waals surface area contributed by atoms with Crippen molar-refractivity contribution in [2.24, 2.45) is 0 Å². The van der Waals surface area contributed by atoms with Crippen LogP contribution in [0.25, 0.3) is 38.5 Å². The van der Waals surface area contributed by atoms with E-state index >= 15 is 0 Å². The predicted octanol–water partition coefficient (Wildman–Crippen LogP) is 9.39. The zero-order chi connectivity index (χ0) is 37.1. The van der Waals surface area contributed by atoms with Gasteiger partial charge in [0.2, 0.25) is 0 Å². The van der Waals surface area contributed by atoms with E-state index in [1.807, 2.05) is 115 Å². The molecule has 2 aromatic heterocycles. The first-order valence-corrected chi connectivity index (χ1v) is 17.2. The number of nitrogens with zero attached hydrogens (tertiary/aromatic N) is 1. The zero-order valence-corrected chi connectivity index (χ0v) is 31.6. The Morgan fingerprint density at radius 1 is 0.549 bits per heavy atom. The molecular formula is C41H49NO9. The van der Waals surface area contributed by atoms with Gasteiger partial charge in [0.1, 0.15) is 22.9 Å². The van der Waals surface area contributed by atoms with Crippen LogP contribution in [0, 0.1) is 0 Å². The van der Waals surface area contributed by atoms with Crippen molar-refractivity contribution < 1.29 is 42.7 Å². The van der Waals surface area contributed by atoms with Crippen LogP contribution < -0.4 is 33.2 Å². The lowest BCUT2D eigenvalue weighted by Crippen LogP contribution is -2.13. The molecule has 5 aromatic rings. The number of methoxy groups -OCH3 is 4. The van der Waals surface area contributed by atoms with E-state index in [-0.39, 0.29) is 30.1 Å². The normalized spacial score (nSPS) is 11.5. The van der Waals surface area contributed by atoms with Gasteiger partial charge in [-0.3, -0.25) is 0 Å². The molecule has 0 aliphatic carbocycles. The lowest BCUT2D eigenvalue weighted by molar-refractivity contribution is 0.0594. The number of hydrogen-bond acceptors (Lipinski definition) is 9. The molecule has 0 aliphatic heterocycles. The second-order valence-corrected chi connectivity index (χ2v) is 13.2. The van der Waals surface area contributed by atoms with Gasteiger partial charge in [-0.05, 0) is 103 Å². The third-order valence-electron chi connectivity index (χ3n) is 8.02. The van der Waals surface area contributed by atoms with Gasteiger partial charge in [-0.2, -0.15) is 0 Å². The summed E-state index contributed by atoms with van der Waals surface area (Å²) in [6.45, 7) is 15.6. The van der Waals surface area contributed by atoms with E-state index in [2.05, 4.69) is 0 Å². The molecule has 0 saturated carbocycles. The molecular weight excluding hydrogens is 650 g/mol. The van der Waals surface area contributed by atoms with Crippen LogP contribution in [-0.2, 0) is 4.74 Å². The number of carbonyl (C=O) groups is 1. The van der Waals surface area contributed by atoms with Gasteiger partial charge in [0.15, 0.2) is 23.0 Å². The fourth-order valence-electron chi connectivity index (χ4n) is 6.19. The van der Waals surface area contributed by atoms with Gasteiger partial charge in [-0.1, -0.05) is 0 Å². The second kappa shape index (κ2) is 15.3. The summed E-state index contributed by atoms with van der Waals surface area (Å²) in [7, 11) is 6.20. The van der Waals surface area contributed by atoms with Crippen molar-refractivity contribution in [1.82, 2.24) is 4.40 Å². The van der Waals surface area contributed by atoms with E-state index in [0.29, 0.717) is 68.0 Å². The van der Waals surface area contributed by atoms with Crippen molar-refractivity contribution in [3.63, 3.8) is 0 Å². The molecule has 0 aliphatic rings. The average molecular weight is 700 g/mol. The van der Waals surface area contributed by atoms with Gasteiger partial charge in [0, 0.05) is 39.9 Å². The Morgan fingerprint density at radius 3 is 1.65 bits per heavy atom. The molecule has 0 unspecified atom stereocenters. The van der Waals surface area contributed by atoms with E-state index in [1.165, 1.54) is 7.11 Å². The number of pyridine rings is 1. The Bertz CT molecular complexity index is 2040. The van der Waals surface area contributed by atoms with E-state index in [1.54, 1.807) is 21.3 Å². The standard InChI is InChI=1S/C41H49NO9/c1-22(2)48-32-21-36(51-25(7)8)35(50-24(5)6)20-30(32)38-37(29-18-27(44-9)13-14-31(29)45-10)39-28-19-33(46-11)34(49-23(3)4)17-26(28)15-16-42(39)40(38)41(43)47-12/h13-25H,1-12H3. The summed E-state index contributed by atoms with van der Waals surface area (Å²) < 4.78 is 50.2. The first kappa shape index (κ1) is 37.0. The molecule has 0 spiro atoms. The lowest BCUT2D eigenvalue weighted by Gasteiger charge is -2.22. The predicted molar refractivity (Wildman–Crippen MR) is 200 cm³/mol. The summed E-state index contributed by atoms with van der Waals surface area (Å²) in [5, 5.41) is 1.66. The highest BCUT2D eigenvalue weighted by atomic mass is 16.5. The minimum Gasteiger partial charge on any atom is -0.497 e. The van der Waals surface area contributed by atoms with Crippen LogP contribution in [0.5, 0.6) is 40.2 Å². The molecule has 0 N–H and O–H groups in total. The number of hydrogen-bond donors (Lipinski definition) is 0. The Balaban J connectivity index is 2.08. The molecule has 10 nitrogen and oxygen atoms in total. The summed E-state index contributed by atoms with van der Waals surface area (Å²) in [5.74, 6) is 3.28. The van der Waals surface area contributed by atoms with E-state index in [0.717, 1.165) is 10.8 Å². The van der Waals surface area contributed by atoms with Crippen LogP contribution in [0.1, 0.15) is 65.9 Å². The molecule has 5 rings (SSSR count). The molecule has 10 heteroatoms. The Morgan fingerprint density at radius 2 is 1.10 bits per heavy atom. The van der Waals surface area contributed by atoms with Crippen LogP contribution in [-0.4, -0.2) is 63.2 Å². The molecule has 272 valence electrons. The number of benzene rings is 3. The van der Waals surface area contributed by atoms with E-state index in [9.17, 15) is 4.79 Å². The summed E-state index contributed by atoms with van der Waals surface area (Å²) >= 11 is 0. The highest BCUT2D eigenvalue weighted by Gasteiger charge is 2.32. The highest BCUT2D eigenvalue weighted by Crippen LogP contribution is 2.52. The third-order valence-corrected chi connectivity index (χ3v) is 8.02. The first-order valence-electron chi connectivity index (χ1n) is 17.2. The minimum atomic E-state index is -0.552. The average Bonchev–Trinajstić information content (AvgIpc) is 3.42. The molecule has 0 radical (unpaired) electrons. The van der Waals surface area contributed by atoms with Gasteiger partial charge in [-0.15, -0.1) is 0 Å². The van der Waals surface area contributed by atoms with Gasteiger partial charge in [0.05, 0.1) is 58.4 Å². The van der Waals surface area contributed by atoms with Crippen LogP contribution in [0.4, 0.5) is 0 Å². The van der Waals surface area contributed by atoms with E-state index in [4.69, 9.17) is 37.9 Å². The molecule has 0 fully saturated rings. The zero-order valence-electron chi connectivity index (χ0n) is 31.6. The molecule has 0 bridgehead atoms. The number of aromatic nitrogens is 1. The molecule has 0 atom stereocenters. The second-order valence-electron chi connectivity index (χ2n) is 13.2. The SMILES string of the molecule is COC(=O)c1c(-c2cc(OC(C)C)c(OC(C)C)cc2OC(C)C)c(-c2cc(OC)ccc2OC)c2c3cc(OC)c(OC(C)C)cc3ccn12. The van der Waals surface area contributed by atoms with Crippen LogP contribution >= 0.6 is 0 Å². The first-order chi connectivity index (χ1) is 24.3. The van der Waals surface area contributed by atoms with Gasteiger partial charge in [-0.25, -0.2) is 4.79 Å². The number of esters is 1. The molecule has 2 heterocycles. The van der Waals surface area contributed by atoms with Crippen LogP contribution in [0.15, 0.2) is 54.7 Å². The van der Waals surface area contributed by atoms with Gasteiger partial charge < -0.3 is 42.3 Å². The maximum atomic E-state index is 14.1. The quantitative estimate of drug-likeness (QED) is 0.105. The summed E-state index contributed by atoms with van der Waals surface area (Å²) in [5.41, 5.74) is 3.48. The van der Waals surface area contributed by atoms with Crippen molar-refractivity contribution in [1.29, 1.82) is 0 Å². The smallest absolute Gasteiger partial charge is 0.355 e. The third kappa shape index (κ3) is 7.45. The number of fused-ring (bicyclic) bond motifs is 3. The molecule has 0 amide bonds. The van der Waals surface area contributed by atoms with Crippen LogP contribution in [0.3, 0.4) is 0 Å². The van der Waals surface area contributed by atoms with Crippen molar-refractivity contribution in [3.05, 3.63) is 60.4 Å². The lowest BCUT2D eigenvalue weighted by atomic mass is 9.92. The van der Waals surface area contributed by atoms with E-state index < -0.39 is 5.97 Å². The van der Waals surface area contributed by atoms with Gasteiger partial charge >= 0.3 is 5.97 Å². The van der Waals surface area contributed by atoms with Crippen molar-refractivity contribution in [2.75, 3.05) is 28.4 Å². The number of carbonyl (C=O) groups excluding carboxylic acids is 1. The fourth-order valence-corrected chi connectivity index (χ4v) is 6.19. The number of rotatable bonds is 14. The number of ether oxygens (including phenoxy) is 8. The fraction of sp³-hybridized carbons (Fsp3) is 0.390. The molecule has 51 heavy (non-hydrogen) atoms. The summed E-state index contributed by atoms with van der Waals surface area (Å²) in [6, 6.07) is 15.1. The topological polar surface area (TPSA) is 95.3 Å². The Hall–Kier alpha value is -5.25. The molecule has 0 saturated heterocycles. The monoisotopic (exact) mass is 699 g/mol. The van der Waals surface area contributed by atoms with Crippen molar-refractivity contribution in [3.8, 4) is 62.5 Å². The molecule has 3 aromatic carbocycles. The maximum absolute atomic E-state index is 14.1. The maximum Gasteiger partial charge on any atom is 0.355 e. The summed E-state index contributed by atoms with van der Waals surface area (Å²) in [4.78, 5) is 14.1. The Kier molecular flexibility index (Phi) is 11.1. The largest absolute Gasteiger partial charge is 0.497 e. The van der Waals surface area contributed by atoms with Crippen molar-refractivity contribution in [2.45, 2.75) is 79.8 Å². The highest BCUT2D eigenvalue weighted by molar-refractivity contribution is 6.15. The minimum absolute atomic E-state index is 0.0770.